The van der Waals surface area contributed by atoms with Gasteiger partial charge in [-0.15, -0.1) is 0 Å². The van der Waals surface area contributed by atoms with Gasteiger partial charge in [-0.1, -0.05) is 0 Å². The van der Waals surface area contributed by atoms with Crippen LogP contribution in [0.25, 0.3) is 33.3 Å². The van der Waals surface area contributed by atoms with Gasteiger partial charge >= 0.3 is 0 Å². The third-order valence-corrected chi connectivity index (χ3v) is 5.69. The molecule has 1 fully saturated rings. The Hall–Kier alpha value is -3.00. The lowest BCUT2D eigenvalue weighted by Crippen LogP contribution is -2.28. The monoisotopic (exact) mass is 408 g/mol. The van der Waals surface area contributed by atoms with Gasteiger partial charge in [-0.25, -0.2) is 14.4 Å². The van der Waals surface area contributed by atoms with Crippen LogP contribution in [0.4, 0.5) is 10.3 Å². The van der Waals surface area contributed by atoms with Crippen molar-refractivity contribution in [1.82, 2.24) is 24.5 Å². The van der Waals surface area contributed by atoms with Crippen LogP contribution in [0.2, 0.25) is 0 Å². The predicted molar refractivity (Wildman–Crippen MR) is 115 cm³/mol. The number of hydrogen-bond acceptors (Lipinski definition) is 5. The Morgan fingerprint density at radius 2 is 2.00 bits per heavy atom. The molecular weight excluding hydrogens is 383 g/mol. The first kappa shape index (κ1) is 19.0. The Morgan fingerprint density at radius 3 is 2.77 bits per heavy atom. The number of halogens is 1. The van der Waals surface area contributed by atoms with Crippen LogP contribution < -0.4 is 5.32 Å². The molecule has 3 aromatic heterocycles. The van der Waals surface area contributed by atoms with Crippen molar-refractivity contribution < 1.29 is 9.13 Å². The van der Waals surface area contributed by atoms with Crippen molar-refractivity contribution in [3.63, 3.8) is 0 Å². The van der Waals surface area contributed by atoms with Gasteiger partial charge in [0, 0.05) is 42.4 Å². The van der Waals surface area contributed by atoms with Gasteiger partial charge in [0.2, 0.25) is 5.95 Å². The third-order valence-electron chi connectivity index (χ3n) is 5.69. The van der Waals surface area contributed by atoms with Gasteiger partial charge in [0.15, 0.2) is 5.82 Å². The number of imidazole rings is 1. The molecule has 4 heterocycles. The first-order chi connectivity index (χ1) is 14.5. The smallest absolute Gasteiger partial charge is 0.225 e. The van der Waals surface area contributed by atoms with E-state index in [0.717, 1.165) is 48.4 Å². The van der Waals surface area contributed by atoms with Crippen LogP contribution in [0.5, 0.6) is 0 Å². The lowest BCUT2D eigenvalue weighted by molar-refractivity contribution is 0.0903. The van der Waals surface area contributed by atoms with Crippen molar-refractivity contribution in [2.45, 2.75) is 45.7 Å². The molecule has 0 spiro atoms. The summed E-state index contributed by atoms with van der Waals surface area (Å²) in [5.41, 5.74) is 3.31. The van der Waals surface area contributed by atoms with Crippen LogP contribution in [0.15, 0.2) is 24.4 Å². The fourth-order valence-corrected chi connectivity index (χ4v) is 4.31. The summed E-state index contributed by atoms with van der Waals surface area (Å²) >= 11 is 0. The highest BCUT2D eigenvalue weighted by molar-refractivity contribution is 5.94. The van der Waals surface area contributed by atoms with E-state index in [2.05, 4.69) is 38.7 Å². The Bertz CT molecular complexity index is 1220. The van der Waals surface area contributed by atoms with Crippen LogP contribution in [0.1, 0.15) is 38.6 Å². The van der Waals surface area contributed by atoms with Gasteiger partial charge in [0.25, 0.3) is 0 Å². The van der Waals surface area contributed by atoms with Crippen molar-refractivity contribution in [3.8, 4) is 11.3 Å². The lowest BCUT2D eigenvalue weighted by Gasteiger charge is -2.23. The molecule has 2 N–H and O–H groups in total. The highest BCUT2D eigenvalue weighted by atomic mass is 19.1. The van der Waals surface area contributed by atoms with Crippen LogP contribution >= 0.6 is 0 Å². The van der Waals surface area contributed by atoms with Crippen LogP contribution in [-0.4, -0.2) is 43.8 Å². The normalized spacial score (nSPS) is 15.5. The summed E-state index contributed by atoms with van der Waals surface area (Å²) < 4.78 is 22.5. The molecule has 1 saturated heterocycles. The largest absolute Gasteiger partial charge is 0.381 e. The van der Waals surface area contributed by atoms with Gasteiger partial charge < -0.3 is 19.6 Å². The summed E-state index contributed by atoms with van der Waals surface area (Å²) in [6.45, 7) is 7.52. The van der Waals surface area contributed by atoms with E-state index in [0.29, 0.717) is 22.7 Å². The van der Waals surface area contributed by atoms with Gasteiger partial charge in [-0.2, -0.15) is 4.98 Å². The van der Waals surface area contributed by atoms with Crippen molar-refractivity contribution in [2.75, 3.05) is 18.5 Å². The lowest BCUT2D eigenvalue weighted by atomic mass is 10.1. The maximum atomic E-state index is 15.0. The molecule has 1 aromatic carbocycles. The molecule has 7 nitrogen and oxygen atoms in total. The van der Waals surface area contributed by atoms with Crippen molar-refractivity contribution in [2.24, 2.45) is 0 Å². The molecule has 30 heavy (non-hydrogen) atoms. The quantitative estimate of drug-likeness (QED) is 0.516. The van der Waals surface area contributed by atoms with Gasteiger partial charge in [0.1, 0.15) is 17.0 Å². The van der Waals surface area contributed by atoms with E-state index in [9.17, 15) is 0 Å². The highest BCUT2D eigenvalue weighted by Gasteiger charge is 2.20. The van der Waals surface area contributed by atoms with E-state index < -0.39 is 0 Å². The summed E-state index contributed by atoms with van der Waals surface area (Å²) in [4.78, 5) is 17.0. The molecule has 0 unspecified atom stereocenters. The molecule has 8 heteroatoms. The molecular formula is C22H25FN6O. The molecule has 0 atom stereocenters. The molecule has 0 radical (unpaired) electrons. The molecule has 0 saturated carbocycles. The molecule has 156 valence electrons. The molecule has 4 aromatic rings. The molecule has 0 aliphatic carbocycles. The van der Waals surface area contributed by atoms with Crippen LogP contribution in [0, 0.1) is 12.7 Å². The number of rotatable bonds is 4. The average molecular weight is 408 g/mol. The topological polar surface area (TPSA) is 80.7 Å². The molecule has 0 amide bonds. The maximum absolute atomic E-state index is 15.0. The van der Waals surface area contributed by atoms with Crippen LogP contribution in [0.3, 0.4) is 0 Å². The standard InChI is InChI=1S/C22H25FN6O/c1-12(2)29-13(3)25-20-17(23)10-14(11-18(20)29)19-16-4-7-24-21(16)28-22(27-19)26-15-5-8-30-9-6-15/h4,7,10-12,15H,5-6,8-9H2,1-3H3,(H2,24,26,27,28). The summed E-state index contributed by atoms with van der Waals surface area (Å²) in [7, 11) is 0. The number of nitrogens with zero attached hydrogens (tertiary/aromatic N) is 4. The van der Waals surface area contributed by atoms with Crippen molar-refractivity contribution in [3.05, 3.63) is 36.0 Å². The number of hydrogen-bond donors (Lipinski definition) is 2. The first-order valence-electron chi connectivity index (χ1n) is 10.4. The number of H-pyrrole nitrogens is 1. The fraction of sp³-hybridized carbons (Fsp3) is 0.409. The van der Waals surface area contributed by atoms with E-state index >= 15 is 4.39 Å². The summed E-state index contributed by atoms with van der Waals surface area (Å²) in [6, 6.07) is 5.87. The Balaban J connectivity index is 1.65. The van der Waals surface area contributed by atoms with Crippen molar-refractivity contribution >= 4 is 28.0 Å². The Kier molecular flexibility index (Phi) is 4.66. The van der Waals surface area contributed by atoms with E-state index in [1.165, 1.54) is 6.07 Å². The molecule has 1 aliphatic heterocycles. The second-order valence-corrected chi connectivity index (χ2v) is 8.12. The Morgan fingerprint density at radius 1 is 1.20 bits per heavy atom. The number of aryl methyl sites for hydroxylation is 1. The zero-order valence-corrected chi connectivity index (χ0v) is 17.4. The minimum atomic E-state index is -0.341. The predicted octanol–water partition coefficient (Wildman–Crippen LogP) is 4.59. The number of benzene rings is 1. The number of ether oxygens (including phenoxy) is 1. The molecule has 0 bridgehead atoms. The number of nitrogens with one attached hydrogen (secondary N) is 2. The summed E-state index contributed by atoms with van der Waals surface area (Å²) in [5, 5.41) is 4.28. The average Bonchev–Trinajstić information content (AvgIpc) is 3.32. The second-order valence-electron chi connectivity index (χ2n) is 8.12. The maximum Gasteiger partial charge on any atom is 0.225 e. The minimum absolute atomic E-state index is 0.174. The first-order valence-corrected chi connectivity index (χ1v) is 10.4. The number of fused-ring (bicyclic) bond motifs is 2. The number of anilines is 1. The minimum Gasteiger partial charge on any atom is -0.381 e. The van der Waals surface area contributed by atoms with E-state index in [4.69, 9.17) is 9.72 Å². The van der Waals surface area contributed by atoms with Gasteiger partial charge in [0.05, 0.1) is 11.2 Å². The van der Waals surface area contributed by atoms with Crippen molar-refractivity contribution in [1.29, 1.82) is 0 Å². The number of aromatic amines is 1. The fourth-order valence-electron chi connectivity index (χ4n) is 4.31. The SMILES string of the molecule is Cc1nc2c(F)cc(-c3nc(NC4CCOCC4)nc4[nH]ccc34)cc2n1C(C)C. The summed E-state index contributed by atoms with van der Waals surface area (Å²) in [6.07, 6.45) is 3.66. The molecule has 5 rings (SSSR count). The number of aromatic nitrogens is 5. The second kappa shape index (κ2) is 7.36. The highest BCUT2D eigenvalue weighted by Crippen LogP contribution is 2.32. The third kappa shape index (κ3) is 3.21. The zero-order chi connectivity index (χ0) is 20.8. The zero-order valence-electron chi connectivity index (χ0n) is 17.4. The van der Waals surface area contributed by atoms with E-state index in [-0.39, 0.29) is 17.9 Å². The van der Waals surface area contributed by atoms with Crippen LogP contribution in [-0.2, 0) is 4.74 Å². The van der Waals surface area contributed by atoms with E-state index in [1.807, 2.05) is 25.3 Å². The molecule has 1 aliphatic rings. The Labute approximate surface area is 173 Å². The van der Waals surface area contributed by atoms with Gasteiger partial charge in [-0.05, 0) is 51.8 Å². The van der Waals surface area contributed by atoms with E-state index in [1.54, 1.807) is 0 Å². The van der Waals surface area contributed by atoms with Gasteiger partial charge in [-0.3, -0.25) is 0 Å². The summed E-state index contributed by atoms with van der Waals surface area (Å²) in [5.74, 6) is 1.000.